The van der Waals surface area contributed by atoms with E-state index in [0.717, 1.165) is 73.5 Å². The summed E-state index contributed by atoms with van der Waals surface area (Å²) in [7, 11) is 2.50. The van der Waals surface area contributed by atoms with Gasteiger partial charge in [0.05, 0.1) is 56.9 Å². The van der Waals surface area contributed by atoms with Gasteiger partial charge in [-0.25, -0.2) is 4.98 Å². The quantitative estimate of drug-likeness (QED) is 0.0653. The molecule has 0 bridgehead atoms. The minimum Gasteiger partial charge on any atom is -0.481 e. The van der Waals surface area contributed by atoms with Gasteiger partial charge in [0.1, 0.15) is 0 Å². The van der Waals surface area contributed by atoms with Gasteiger partial charge in [-0.05, 0) is 234 Å². The summed E-state index contributed by atoms with van der Waals surface area (Å²) in [5, 5.41) is 11.1. The summed E-state index contributed by atoms with van der Waals surface area (Å²) in [6, 6.07) is 54.8. The molecule has 6 aromatic carbocycles. The van der Waals surface area contributed by atoms with E-state index in [0.29, 0.717) is 64.2 Å². The Kier molecular flexibility index (Phi) is 40.9. The third-order valence-corrected chi connectivity index (χ3v) is 42.7. The molecule has 5 aliphatic carbocycles. The molecule has 0 radical (unpaired) electrons. The number of hydrogen-bond donors (Lipinski definition) is 0. The molecule has 2 unspecified atom stereocenters. The molecular weight excluding hydrogens is 1730 g/mol. The van der Waals surface area contributed by atoms with Crippen LogP contribution >= 0.6 is 39.6 Å². The van der Waals surface area contributed by atoms with Crippen LogP contribution in [0.1, 0.15) is 279 Å². The molecule has 0 spiro atoms. The number of aromatic nitrogens is 2. The zero-order valence-electron chi connectivity index (χ0n) is 79.9. The molecule has 8 fully saturated rings. The average molecular weight is 1890 g/mol. The van der Waals surface area contributed by atoms with Gasteiger partial charge < -0.3 is 33.2 Å². The Morgan fingerprint density at radius 1 is 0.405 bits per heavy atom. The van der Waals surface area contributed by atoms with Crippen molar-refractivity contribution in [2.24, 2.45) is 29.6 Å². The second kappa shape index (κ2) is 47.3. The van der Waals surface area contributed by atoms with Crippen LogP contribution in [-0.2, 0) is 53.1 Å². The van der Waals surface area contributed by atoms with E-state index in [1.165, 1.54) is 168 Å². The molecule has 8 aliphatic rings. The molecule has 16 rings (SSSR count). The molecule has 5 heterocycles. The molecule has 9 nitrogen and oxygen atoms in total. The van der Waals surface area contributed by atoms with E-state index >= 15 is 0 Å². The Morgan fingerprint density at radius 2 is 0.746 bits per heavy atom. The first-order valence-electron chi connectivity index (χ1n) is 46.2. The van der Waals surface area contributed by atoms with Gasteiger partial charge in [0.15, 0.2) is 11.6 Å². The van der Waals surface area contributed by atoms with Crippen LogP contribution in [-0.4, -0.2) is 106 Å². The van der Waals surface area contributed by atoms with Crippen molar-refractivity contribution in [1.82, 2.24) is 9.97 Å². The number of ether oxygens (including phenoxy) is 7. The first kappa shape index (κ1) is 109. The minimum absolute atomic E-state index is 0. The molecule has 3 aliphatic heterocycles. The Bertz CT molecular complexity index is 4400. The number of hydrogen-bond acceptors (Lipinski definition) is 9. The predicted molar refractivity (Wildman–Crippen MR) is 546 cm³/mol. The number of nitrogens with zero attached hydrogens (tertiary/aromatic N) is 2. The predicted octanol–water partition coefficient (Wildman–Crippen LogP) is 27.4. The molecule has 8 aromatic rings. The summed E-state index contributed by atoms with van der Waals surface area (Å²) in [4.78, 5) is 10.0. The van der Waals surface area contributed by atoms with Crippen molar-refractivity contribution < 1.29 is 67.3 Å². The van der Waals surface area contributed by atoms with Gasteiger partial charge in [-0.2, -0.15) is 4.98 Å². The Balaban J connectivity index is 0.000000248. The zero-order valence-corrected chi connectivity index (χ0v) is 86.6. The summed E-state index contributed by atoms with van der Waals surface area (Å²) in [6.07, 6.45) is 24.7. The van der Waals surface area contributed by atoms with Crippen molar-refractivity contribution >= 4 is 82.0 Å². The third-order valence-electron chi connectivity index (χ3n) is 27.0. The molecule has 3 saturated heterocycles. The Hall–Kier alpha value is -3.95. The van der Waals surface area contributed by atoms with Crippen LogP contribution in [0, 0.1) is 91.9 Å². The maximum absolute atomic E-state index is 6.31. The monoisotopic (exact) mass is 1890 g/mol. The van der Waals surface area contributed by atoms with Crippen LogP contribution in [0.4, 0.5) is 0 Å². The molecule has 0 amide bonds. The Morgan fingerprint density at radius 3 is 1.10 bits per heavy atom. The number of methoxy groups -OCH3 is 3. The van der Waals surface area contributed by atoms with Gasteiger partial charge in [0.2, 0.25) is 17.6 Å². The number of fused-ring (bicyclic) bond motifs is 2. The molecule has 11 atom stereocenters. The second-order valence-electron chi connectivity index (χ2n) is 40.0. The summed E-state index contributed by atoms with van der Waals surface area (Å²) >= 11 is 0. The van der Waals surface area contributed by atoms with E-state index in [-0.39, 0.29) is 91.8 Å². The van der Waals surface area contributed by atoms with Crippen molar-refractivity contribution in [3.05, 3.63) is 196 Å². The van der Waals surface area contributed by atoms with Crippen molar-refractivity contribution in [3.8, 4) is 28.8 Å². The van der Waals surface area contributed by atoms with E-state index in [1.54, 1.807) is 31.9 Å². The van der Waals surface area contributed by atoms with Gasteiger partial charge in [-0.15, -0.1) is 0 Å². The Labute approximate surface area is 794 Å². The van der Waals surface area contributed by atoms with E-state index in [9.17, 15) is 0 Å². The van der Waals surface area contributed by atoms with Gasteiger partial charge in [-0.3, -0.25) is 0 Å². The first-order valence-corrected chi connectivity index (χ1v) is 53.2. The van der Waals surface area contributed by atoms with Crippen LogP contribution in [0.25, 0.3) is 11.1 Å². The third kappa shape index (κ3) is 26.2. The number of aryl methyl sites for hydroxylation is 9. The number of benzene rings is 6. The topological polar surface area (TPSA) is 90.4 Å². The van der Waals surface area contributed by atoms with E-state index in [1.807, 2.05) is 0 Å². The summed E-state index contributed by atoms with van der Waals surface area (Å²) in [5.74, 6) is 4.72. The molecule has 5 saturated carbocycles. The summed E-state index contributed by atoms with van der Waals surface area (Å²) in [6.45, 7) is 54.8. The standard InChI is InChI=1S/C46H50N2O3P2.C27H40P2.C15H26O2.C14H25O2P.C5H10.3CH4.2Fe/c1-27-13-28(2)18-36(17-27)52(37-19-29(3)14-30(4)20-37)40-25-35(9)47-45(50-11)43(40)44-41(26-42(49-10)48-46(44)51-12)53(38-21-31(5)15-32(6)22-38)39-23-33(7)16-34(8)24-39;1-21(29(26(2,3)4)27(5,6)7)24-19-14-20-25(24)28(22-15-10-8-11-16-22)23-17-12-9-13-18-23;1-9-12(11-7-5-6-8-11)10(2)14-13(9)16-15(3,4)17-14;1-9-12-13(16-14(3,4)15-12)10(2)17(9)11-7-5-6-8-11;1-2-4-5-3-1;;;;;/h13-26H,1-12H3;8-13,15-18,21,24-25H,14,19-20H2,1-7H3;9-14H,5-8H2,1-4H3;9-13H,5-8H2,1-4H3;1-5H2;3*1H4;;/t;21-,24?,25?;9-,10-,13-,14-;9-,10-,12+,13+;;;;;;/m.110....../s1. The summed E-state index contributed by atoms with van der Waals surface area (Å²) < 4.78 is 43.1. The van der Waals surface area contributed by atoms with Crippen LogP contribution in [0.2, 0.25) is 0 Å². The van der Waals surface area contributed by atoms with E-state index < -0.39 is 15.8 Å². The fourth-order valence-electron chi connectivity index (χ4n) is 23.3. The maximum Gasteiger partial charge on any atom is 0.225 e. The smallest absolute Gasteiger partial charge is 0.225 e. The van der Waals surface area contributed by atoms with Crippen molar-refractivity contribution in [3.63, 3.8) is 0 Å². The van der Waals surface area contributed by atoms with Gasteiger partial charge >= 0.3 is 0 Å². The molecular formula is C110H163Fe2N2O7P5. The molecule has 0 N–H and O–H groups in total. The van der Waals surface area contributed by atoms with Crippen LogP contribution < -0.4 is 56.6 Å². The number of rotatable bonds is 17. The molecule has 16 heteroatoms. The first-order chi connectivity index (χ1) is 57.4. The number of pyridine rings is 2. The minimum atomic E-state index is -1.16. The van der Waals surface area contributed by atoms with Gasteiger partial charge in [0.25, 0.3) is 0 Å². The fourth-order valence-corrected chi connectivity index (χ4v) is 41.8. The molecule has 696 valence electrons. The van der Waals surface area contributed by atoms with E-state index in [4.69, 9.17) is 43.1 Å². The van der Waals surface area contributed by atoms with Crippen LogP contribution in [0.3, 0.4) is 0 Å². The molecule has 2 aromatic heterocycles. The average Bonchev–Trinajstić information content (AvgIpc) is 1.47. The fraction of sp³-hybridized carbons (Fsp3) is 0.582. The normalized spacial score (nSPS) is 24.2. The van der Waals surface area contributed by atoms with Crippen molar-refractivity contribution in [1.29, 1.82) is 0 Å². The van der Waals surface area contributed by atoms with Crippen LogP contribution in [0.15, 0.2) is 146 Å². The van der Waals surface area contributed by atoms with Crippen molar-refractivity contribution in [2.45, 2.75) is 366 Å². The maximum atomic E-state index is 6.31. The van der Waals surface area contributed by atoms with Crippen molar-refractivity contribution in [2.75, 3.05) is 21.3 Å². The molecule has 126 heavy (non-hydrogen) atoms. The largest absolute Gasteiger partial charge is 0.481 e. The second-order valence-corrected chi connectivity index (χ2v) is 54.3. The van der Waals surface area contributed by atoms with Gasteiger partial charge in [-0.1, -0.05) is 369 Å². The SMILES string of the molecule is C.C.C.C1CCCC1.COc1cc(P(c2cc(C)cc(C)c2)c2cc(C)cc(C)c2)c(-c2c(P(c3cc(C)cc(C)c3)c3cc(C)cc(C)c3)cc(C)nc2OC)c(OC)n1.C[C@@H]1C(C2CCCC2)[C@@H](C)[C@H]2OC(C)(C)O[C@@H]21.C[C@H](C1CCCC1P(c1ccccc1)c1ccccc1)P(C(C)(C)C)C(C)(C)C.C[C@H]1[C@H]2OC(C)(C)O[C@@H]2[C@H](C)P1C1CCCC1.[Fe].[Fe]. The summed E-state index contributed by atoms with van der Waals surface area (Å²) in [5.41, 5.74) is 16.5. The van der Waals surface area contributed by atoms with E-state index in [2.05, 4.69) is 312 Å². The van der Waals surface area contributed by atoms with Gasteiger partial charge in [0, 0.05) is 67.8 Å². The van der Waals surface area contributed by atoms with Crippen LogP contribution in [0.5, 0.6) is 17.6 Å². The zero-order chi connectivity index (χ0) is 87.3.